The topological polar surface area (TPSA) is 110 Å². The summed E-state index contributed by atoms with van der Waals surface area (Å²) in [6.07, 6.45) is 0. The molecule has 7 nitrogen and oxygen atoms in total. The maximum absolute atomic E-state index is 13.0. The van der Waals surface area contributed by atoms with Crippen molar-refractivity contribution in [2.24, 2.45) is 0 Å². The van der Waals surface area contributed by atoms with E-state index in [2.05, 4.69) is 15.5 Å². The van der Waals surface area contributed by atoms with E-state index in [-0.39, 0.29) is 21.4 Å². The van der Waals surface area contributed by atoms with Gasteiger partial charge in [-0.15, -0.1) is 0 Å². The van der Waals surface area contributed by atoms with Crippen LogP contribution in [0.5, 0.6) is 11.5 Å². The summed E-state index contributed by atoms with van der Waals surface area (Å²) >= 11 is 0. The van der Waals surface area contributed by atoms with E-state index >= 15 is 0 Å². The fraction of sp³-hybridized carbons (Fsp3) is 0. The third kappa shape index (κ3) is 3.92. The monoisotopic (exact) mass is 406 g/mol. The lowest BCUT2D eigenvalue weighted by Crippen LogP contribution is -2.06. The molecule has 146 valence electrons. The third-order valence-corrected chi connectivity index (χ3v) is 6.01. The Morgan fingerprint density at radius 1 is 0.828 bits per heavy atom. The molecule has 8 heteroatoms. The minimum absolute atomic E-state index is 0.0274. The van der Waals surface area contributed by atoms with Gasteiger partial charge >= 0.3 is 0 Å². The summed E-state index contributed by atoms with van der Waals surface area (Å²) in [6.45, 7) is 0. The van der Waals surface area contributed by atoms with Crippen molar-refractivity contribution in [3.05, 3.63) is 84.9 Å². The Balaban J connectivity index is 1.58. The Morgan fingerprint density at radius 3 is 2.07 bits per heavy atom. The summed E-state index contributed by atoms with van der Waals surface area (Å²) in [5.41, 5.74) is 6.51. The molecule has 0 unspecified atom stereocenters. The molecule has 0 amide bonds. The van der Waals surface area contributed by atoms with Crippen molar-refractivity contribution in [1.82, 2.24) is 10.2 Å². The Bertz CT molecular complexity index is 1210. The number of aromatic amines is 1. The van der Waals surface area contributed by atoms with Gasteiger partial charge in [-0.3, -0.25) is 5.10 Å². The van der Waals surface area contributed by atoms with Gasteiger partial charge in [0.25, 0.3) is 0 Å². The molecular formula is C21H18N4O3S. The number of para-hydroxylation sites is 1. The molecule has 1 heterocycles. The van der Waals surface area contributed by atoms with E-state index in [4.69, 9.17) is 10.5 Å². The second kappa shape index (κ2) is 7.69. The number of hydrogen-bond acceptors (Lipinski definition) is 6. The first-order chi connectivity index (χ1) is 14.0. The van der Waals surface area contributed by atoms with Crippen LogP contribution in [-0.4, -0.2) is 18.6 Å². The number of aromatic nitrogens is 2. The smallest absolute Gasteiger partial charge is 0.213 e. The molecule has 0 aliphatic heterocycles. The number of H-pyrrole nitrogens is 1. The molecule has 0 aliphatic rings. The van der Waals surface area contributed by atoms with E-state index in [1.807, 2.05) is 30.3 Å². The summed E-state index contributed by atoms with van der Waals surface area (Å²) in [6, 6.07) is 24.6. The fourth-order valence-corrected chi connectivity index (χ4v) is 4.22. The number of hydrogen-bond donors (Lipinski definition) is 3. The first-order valence-corrected chi connectivity index (χ1v) is 10.3. The van der Waals surface area contributed by atoms with E-state index in [9.17, 15) is 8.42 Å². The molecule has 0 fully saturated rings. The van der Waals surface area contributed by atoms with Gasteiger partial charge in [0.2, 0.25) is 9.84 Å². The number of nitrogens with one attached hydrogen (secondary N) is 2. The molecule has 0 spiro atoms. The maximum Gasteiger partial charge on any atom is 0.213 e. The van der Waals surface area contributed by atoms with Gasteiger partial charge in [0, 0.05) is 5.69 Å². The largest absolute Gasteiger partial charge is 0.457 e. The van der Waals surface area contributed by atoms with Crippen LogP contribution >= 0.6 is 0 Å². The SMILES string of the molecule is Nc1[nH]nc(Nc2ccc(Oc3ccccc3)cc2)c1S(=O)(=O)c1ccccc1. The summed E-state index contributed by atoms with van der Waals surface area (Å²) in [4.78, 5) is 0.0519. The van der Waals surface area contributed by atoms with Crippen molar-refractivity contribution >= 4 is 27.2 Å². The minimum Gasteiger partial charge on any atom is -0.457 e. The highest BCUT2D eigenvalue weighted by Gasteiger charge is 2.27. The Labute approximate surface area is 168 Å². The summed E-state index contributed by atoms with van der Waals surface area (Å²) in [7, 11) is -3.83. The lowest BCUT2D eigenvalue weighted by molar-refractivity contribution is 0.483. The van der Waals surface area contributed by atoms with E-state index in [0.29, 0.717) is 11.4 Å². The number of nitrogens with two attached hydrogens (primary N) is 1. The number of ether oxygens (including phenoxy) is 1. The van der Waals surface area contributed by atoms with Crippen LogP contribution in [0.2, 0.25) is 0 Å². The van der Waals surface area contributed by atoms with Crippen LogP contribution in [0.1, 0.15) is 0 Å². The van der Waals surface area contributed by atoms with Crippen molar-refractivity contribution in [3.8, 4) is 11.5 Å². The van der Waals surface area contributed by atoms with Crippen LogP contribution in [0.15, 0.2) is 94.7 Å². The number of nitrogens with zero attached hydrogens (tertiary/aromatic N) is 1. The molecule has 4 aromatic rings. The maximum atomic E-state index is 13.0. The van der Waals surface area contributed by atoms with Gasteiger partial charge in [-0.25, -0.2) is 8.42 Å². The second-order valence-corrected chi connectivity index (χ2v) is 8.08. The third-order valence-electron chi connectivity index (χ3n) is 4.17. The van der Waals surface area contributed by atoms with E-state index < -0.39 is 9.84 Å². The highest BCUT2D eigenvalue weighted by molar-refractivity contribution is 7.91. The van der Waals surface area contributed by atoms with Gasteiger partial charge in [-0.1, -0.05) is 36.4 Å². The molecule has 0 saturated heterocycles. The summed E-state index contributed by atoms with van der Waals surface area (Å²) in [5, 5.41) is 9.56. The van der Waals surface area contributed by atoms with Crippen LogP contribution in [0, 0.1) is 0 Å². The molecule has 0 radical (unpaired) electrons. The molecule has 1 aromatic heterocycles. The molecule has 0 saturated carbocycles. The van der Waals surface area contributed by atoms with Gasteiger partial charge in [0.1, 0.15) is 17.3 Å². The molecule has 4 rings (SSSR count). The molecule has 29 heavy (non-hydrogen) atoms. The van der Waals surface area contributed by atoms with Crippen LogP contribution in [0.4, 0.5) is 17.3 Å². The highest BCUT2D eigenvalue weighted by Crippen LogP contribution is 2.33. The number of anilines is 3. The minimum atomic E-state index is -3.83. The second-order valence-electron chi connectivity index (χ2n) is 6.20. The highest BCUT2D eigenvalue weighted by atomic mass is 32.2. The molecule has 0 aliphatic carbocycles. The van der Waals surface area contributed by atoms with Crippen molar-refractivity contribution < 1.29 is 13.2 Å². The lowest BCUT2D eigenvalue weighted by atomic mass is 10.3. The van der Waals surface area contributed by atoms with E-state index in [0.717, 1.165) is 5.75 Å². The normalized spacial score (nSPS) is 11.2. The van der Waals surface area contributed by atoms with Crippen molar-refractivity contribution in [3.63, 3.8) is 0 Å². The van der Waals surface area contributed by atoms with Gasteiger partial charge in [0.15, 0.2) is 10.7 Å². The summed E-state index contributed by atoms with van der Waals surface area (Å²) < 4.78 is 31.7. The number of sulfone groups is 1. The van der Waals surface area contributed by atoms with Gasteiger partial charge in [-0.2, -0.15) is 5.10 Å². The Morgan fingerprint density at radius 2 is 1.41 bits per heavy atom. The predicted octanol–water partition coefficient (Wildman–Crippen LogP) is 4.36. The van der Waals surface area contributed by atoms with E-state index in [1.54, 1.807) is 42.5 Å². The van der Waals surface area contributed by atoms with Crippen molar-refractivity contribution in [2.45, 2.75) is 9.79 Å². The number of rotatable bonds is 6. The molecule has 4 N–H and O–H groups in total. The number of nitrogen functional groups attached to an aromatic ring is 1. The Hall–Kier alpha value is -3.78. The zero-order valence-electron chi connectivity index (χ0n) is 15.2. The van der Waals surface area contributed by atoms with Crippen molar-refractivity contribution in [2.75, 3.05) is 11.1 Å². The average molecular weight is 406 g/mol. The average Bonchev–Trinajstić information content (AvgIpc) is 3.11. The van der Waals surface area contributed by atoms with Gasteiger partial charge < -0.3 is 15.8 Å². The number of benzene rings is 3. The van der Waals surface area contributed by atoms with Crippen LogP contribution in [0.25, 0.3) is 0 Å². The van der Waals surface area contributed by atoms with Crippen LogP contribution in [0.3, 0.4) is 0 Å². The van der Waals surface area contributed by atoms with Gasteiger partial charge in [-0.05, 0) is 48.5 Å². The van der Waals surface area contributed by atoms with Crippen molar-refractivity contribution in [1.29, 1.82) is 0 Å². The van der Waals surface area contributed by atoms with Gasteiger partial charge in [0.05, 0.1) is 4.90 Å². The zero-order chi connectivity index (χ0) is 20.3. The fourth-order valence-electron chi connectivity index (χ4n) is 2.79. The first-order valence-electron chi connectivity index (χ1n) is 8.78. The first kappa shape index (κ1) is 18.6. The standard InChI is InChI=1S/C21H18N4O3S/c22-20-19(29(26,27)18-9-5-2-6-10-18)21(25-24-20)23-15-11-13-17(14-12-15)28-16-7-3-1-4-8-16/h1-14H,(H4,22,23,24,25). The quantitative estimate of drug-likeness (QED) is 0.439. The molecular weight excluding hydrogens is 388 g/mol. The van der Waals surface area contributed by atoms with Crippen LogP contribution < -0.4 is 15.8 Å². The summed E-state index contributed by atoms with van der Waals surface area (Å²) in [5.74, 6) is 1.48. The van der Waals surface area contributed by atoms with E-state index in [1.165, 1.54) is 12.1 Å². The molecule has 0 bridgehead atoms. The Kier molecular flexibility index (Phi) is 4.92. The molecule has 0 atom stereocenters. The van der Waals surface area contributed by atoms with Crippen LogP contribution in [-0.2, 0) is 9.84 Å². The predicted molar refractivity (Wildman–Crippen MR) is 111 cm³/mol. The lowest BCUT2D eigenvalue weighted by Gasteiger charge is -2.09. The molecule has 3 aromatic carbocycles. The zero-order valence-corrected chi connectivity index (χ0v) is 16.1.